The van der Waals surface area contributed by atoms with Crippen LogP contribution in [0.15, 0.2) is 60.9 Å². The Hall–Kier alpha value is -3.39. The number of aromatic nitrogens is 2. The molecule has 1 aromatic heterocycles. The highest BCUT2D eigenvalue weighted by Gasteiger charge is 2.07. The Morgan fingerprint density at radius 3 is 2.75 bits per heavy atom. The molecule has 0 aliphatic rings. The van der Waals surface area contributed by atoms with Crippen molar-refractivity contribution in [1.29, 1.82) is 5.26 Å². The molecule has 5 heteroatoms. The summed E-state index contributed by atoms with van der Waals surface area (Å²) in [6, 6.07) is 17.7. The molecule has 1 N–H and O–H groups in total. The molecule has 118 valence electrons. The summed E-state index contributed by atoms with van der Waals surface area (Å²) in [5.74, 6) is 2.02. The normalized spacial score (nSPS) is 10.0. The van der Waals surface area contributed by atoms with Gasteiger partial charge in [-0.1, -0.05) is 30.3 Å². The average molecular weight is 316 g/mol. The fraction of sp³-hybridized carbons (Fsp3) is 0.105. The van der Waals surface area contributed by atoms with E-state index in [1.165, 1.54) is 6.20 Å². The third-order valence-corrected chi connectivity index (χ3v) is 3.44. The van der Waals surface area contributed by atoms with Crippen molar-refractivity contribution < 1.29 is 4.74 Å². The molecule has 0 amide bonds. The van der Waals surface area contributed by atoms with Gasteiger partial charge in [0, 0.05) is 24.5 Å². The van der Waals surface area contributed by atoms with Crippen LogP contribution in [0.1, 0.15) is 16.8 Å². The summed E-state index contributed by atoms with van der Waals surface area (Å²) in [6.07, 6.45) is 3.05. The van der Waals surface area contributed by atoms with Crippen molar-refractivity contribution in [1.82, 2.24) is 9.97 Å². The number of nitriles is 1. The van der Waals surface area contributed by atoms with Gasteiger partial charge in [-0.2, -0.15) is 5.26 Å². The maximum atomic E-state index is 9.07. The smallest absolute Gasteiger partial charge is 0.182 e. The first-order chi connectivity index (χ1) is 11.8. The van der Waals surface area contributed by atoms with Gasteiger partial charge in [-0.15, -0.1) is 0 Å². The zero-order valence-electron chi connectivity index (χ0n) is 13.2. The summed E-state index contributed by atoms with van der Waals surface area (Å²) >= 11 is 0. The van der Waals surface area contributed by atoms with E-state index in [1.807, 2.05) is 61.5 Å². The highest BCUT2D eigenvalue weighted by Crippen LogP contribution is 2.26. The van der Waals surface area contributed by atoms with Crippen LogP contribution in [0.2, 0.25) is 0 Å². The quantitative estimate of drug-likeness (QED) is 0.768. The minimum absolute atomic E-state index is 0.273. The van der Waals surface area contributed by atoms with Crippen molar-refractivity contribution in [2.45, 2.75) is 13.5 Å². The van der Waals surface area contributed by atoms with Gasteiger partial charge >= 0.3 is 0 Å². The van der Waals surface area contributed by atoms with Crippen molar-refractivity contribution in [3.63, 3.8) is 0 Å². The second-order valence-electron chi connectivity index (χ2n) is 5.25. The molecule has 0 radical (unpaired) electrons. The zero-order valence-corrected chi connectivity index (χ0v) is 13.2. The van der Waals surface area contributed by atoms with Crippen LogP contribution in [0, 0.1) is 18.3 Å². The lowest BCUT2D eigenvalue weighted by molar-refractivity contribution is 0.476. The summed E-state index contributed by atoms with van der Waals surface area (Å²) in [6.45, 7) is 2.51. The SMILES string of the molecule is Cc1cccc(Oc2ccccc2CNc2nccnc2C#N)c1. The summed E-state index contributed by atoms with van der Waals surface area (Å²) in [5, 5.41) is 12.2. The highest BCUT2D eigenvalue weighted by atomic mass is 16.5. The number of rotatable bonds is 5. The summed E-state index contributed by atoms with van der Waals surface area (Å²) in [4.78, 5) is 8.14. The summed E-state index contributed by atoms with van der Waals surface area (Å²) in [5.41, 5.74) is 2.38. The van der Waals surface area contributed by atoms with Crippen LogP contribution in [-0.4, -0.2) is 9.97 Å². The molecule has 3 aromatic rings. The molecule has 0 spiro atoms. The molecule has 0 unspecified atom stereocenters. The topological polar surface area (TPSA) is 70.8 Å². The molecule has 0 fully saturated rings. The van der Waals surface area contributed by atoms with E-state index in [0.29, 0.717) is 12.4 Å². The van der Waals surface area contributed by atoms with Gasteiger partial charge in [-0.25, -0.2) is 9.97 Å². The molecule has 5 nitrogen and oxygen atoms in total. The Labute approximate surface area is 140 Å². The first-order valence-corrected chi connectivity index (χ1v) is 7.53. The largest absolute Gasteiger partial charge is 0.457 e. The van der Waals surface area contributed by atoms with Crippen molar-refractivity contribution in [2.75, 3.05) is 5.32 Å². The molecule has 0 saturated heterocycles. The highest BCUT2D eigenvalue weighted by molar-refractivity contribution is 5.48. The zero-order chi connectivity index (χ0) is 16.8. The van der Waals surface area contributed by atoms with E-state index in [2.05, 4.69) is 15.3 Å². The number of aryl methyl sites for hydroxylation is 1. The van der Waals surface area contributed by atoms with Gasteiger partial charge < -0.3 is 10.1 Å². The van der Waals surface area contributed by atoms with Gasteiger partial charge in [0.15, 0.2) is 11.5 Å². The van der Waals surface area contributed by atoms with Crippen LogP contribution >= 0.6 is 0 Å². The average Bonchev–Trinajstić information content (AvgIpc) is 2.61. The second-order valence-corrected chi connectivity index (χ2v) is 5.25. The number of nitrogens with zero attached hydrogens (tertiary/aromatic N) is 3. The number of nitrogens with one attached hydrogen (secondary N) is 1. The predicted molar refractivity (Wildman–Crippen MR) is 91.8 cm³/mol. The van der Waals surface area contributed by atoms with E-state index in [-0.39, 0.29) is 5.69 Å². The fourth-order valence-electron chi connectivity index (χ4n) is 2.28. The van der Waals surface area contributed by atoms with E-state index in [4.69, 9.17) is 10.00 Å². The number of ether oxygens (including phenoxy) is 1. The number of hydrogen-bond acceptors (Lipinski definition) is 5. The van der Waals surface area contributed by atoms with Gasteiger partial charge in [0.25, 0.3) is 0 Å². The summed E-state index contributed by atoms with van der Waals surface area (Å²) < 4.78 is 5.99. The van der Waals surface area contributed by atoms with E-state index in [1.54, 1.807) is 6.20 Å². The molecule has 1 heterocycles. The van der Waals surface area contributed by atoms with Crippen molar-refractivity contribution in [2.24, 2.45) is 0 Å². The van der Waals surface area contributed by atoms with Crippen molar-refractivity contribution in [3.8, 4) is 17.6 Å². The molecular weight excluding hydrogens is 300 g/mol. The Balaban J connectivity index is 1.78. The minimum Gasteiger partial charge on any atom is -0.457 e. The van der Waals surface area contributed by atoms with Crippen LogP contribution in [0.4, 0.5) is 5.82 Å². The Kier molecular flexibility index (Phi) is 4.68. The molecule has 0 bridgehead atoms. The van der Waals surface area contributed by atoms with E-state index in [9.17, 15) is 0 Å². The van der Waals surface area contributed by atoms with E-state index in [0.717, 1.165) is 22.6 Å². The monoisotopic (exact) mass is 316 g/mol. The van der Waals surface area contributed by atoms with Crippen LogP contribution in [0.3, 0.4) is 0 Å². The Bertz CT molecular complexity index is 886. The van der Waals surface area contributed by atoms with Gasteiger partial charge in [0.05, 0.1) is 0 Å². The minimum atomic E-state index is 0.273. The van der Waals surface area contributed by atoms with Gasteiger partial charge in [-0.3, -0.25) is 0 Å². The van der Waals surface area contributed by atoms with Gasteiger partial charge in [-0.05, 0) is 30.7 Å². The molecule has 0 aliphatic heterocycles. The first-order valence-electron chi connectivity index (χ1n) is 7.53. The van der Waals surface area contributed by atoms with Crippen molar-refractivity contribution >= 4 is 5.82 Å². The third-order valence-electron chi connectivity index (χ3n) is 3.44. The predicted octanol–water partition coefficient (Wildman–Crippen LogP) is 4.06. The third kappa shape index (κ3) is 3.68. The van der Waals surface area contributed by atoms with E-state index >= 15 is 0 Å². The van der Waals surface area contributed by atoms with Crippen LogP contribution < -0.4 is 10.1 Å². The lowest BCUT2D eigenvalue weighted by Crippen LogP contribution is -2.05. The van der Waals surface area contributed by atoms with Crippen LogP contribution in [-0.2, 0) is 6.54 Å². The number of hydrogen-bond donors (Lipinski definition) is 1. The lowest BCUT2D eigenvalue weighted by atomic mass is 10.2. The molecular formula is C19H16N4O. The maximum absolute atomic E-state index is 9.07. The number of anilines is 1. The van der Waals surface area contributed by atoms with Crippen LogP contribution in [0.5, 0.6) is 11.5 Å². The fourth-order valence-corrected chi connectivity index (χ4v) is 2.28. The first kappa shape index (κ1) is 15.5. The number of benzene rings is 2. The molecule has 24 heavy (non-hydrogen) atoms. The standard InChI is InChI=1S/C19H16N4O/c1-14-5-4-7-16(11-14)24-18-8-3-2-6-15(18)13-23-19-17(12-20)21-9-10-22-19/h2-11H,13H2,1H3,(H,22,23). The Morgan fingerprint density at radius 2 is 1.92 bits per heavy atom. The van der Waals surface area contributed by atoms with Gasteiger partial charge in [0.1, 0.15) is 17.6 Å². The van der Waals surface area contributed by atoms with E-state index < -0.39 is 0 Å². The molecule has 3 rings (SSSR count). The van der Waals surface area contributed by atoms with Crippen molar-refractivity contribution in [3.05, 3.63) is 77.7 Å². The maximum Gasteiger partial charge on any atom is 0.182 e. The number of para-hydroxylation sites is 1. The molecule has 2 aromatic carbocycles. The second kappa shape index (κ2) is 7.25. The van der Waals surface area contributed by atoms with Gasteiger partial charge in [0.2, 0.25) is 0 Å². The summed E-state index contributed by atoms with van der Waals surface area (Å²) in [7, 11) is 0. The lowest BCUT2D eigenvalue weighted by Gasteiger charge is -2.12. The molecule has 0 aliphatic carbocycles. The van der Waals surface area contributed by atoms with Crippen LogP contribution in [0.25, 0.3) is 0 Å². The molecule has 0 saturated carbocycles. The molecule has 0 atom stereocenters. The Morgan fingerprint density at radius 1 is 1.08 bits per heavy atom.